The zero-order valence-electron chi connectivity index (χ0n) is 9.90. The van der Waals surface area contributed by atoms with E-state index in [1.807, 2.05) is 6.07 Å². The fourth-order valence-corrected chi connectivity index (χ4v) is 1.45. The summed E-state index contributed by atoms with van der Waals surface area (Å²) in [5, 5.41) is 2.24. The van der Waals surface area contributed by atoms with Gasteiger partial charge in [-0.2, -0.15) is 0 Å². The normalized spacial score (nSPS) is 10.0. The molecule has 0 bridgehead atoms. The largest absolute Gasteiger partial charge is 0.484 e. The molecule has 0 heterocycles. The molecule has 0 atom stereocenters. The molecule has 0 aromatic heterocycles. The summed E-state index contributed by atoms with van der Waals surface area (Å²) in [6.07, 6.45) is 0. The summed E-state index contributed by atoms with van der Waals surface area (Å²) in [6, 6.07) is 12.3. The molecule has 3 nitrogen and oxygen atoms in total. The number of ether oxygens (including phenoxy) is 1. The van der Waals surface area contributed by atoms with Crippen LogP contribution in [0.1, 0.15) is 0 Å². The molecule has 19 heavy (non-hydrogen) atoms. The first-order chi connectivity index (χ1) is 9.16. The molecule has 2 aromatic rings. The number of anilines is 1. The van der Waals surface area contributed by atoms with Crippen molar-refractivity contribution >= 4 is 11.6 Å². The quantitative estimate of drug-likeness (QED) is 0.920. The van der Waals surface area contributed by atoms with Crippen LogP contribution in [0.3, 0.4) is 0 Å². The third kappa shape index (κ3) is 3.51. The Balaban J connectivity index is 1.93. The van der Waals surface area contributed by atoms with Gasteiger partial charge in [-0.1, -0.05) is 24.3 Å². The minimum Gasteiger partial charge on any atom is -0.484 e. The van der Waals surface area contributed by atoms with Crippen LogP contribution in [-0.2, 0) is 4.79 Å². The molecule has 0 saturated heterocycles. The molecule has 2 rings (SSSR count). The van der Waals surface area contributed by atoms with Crippen LogP contribution in [-0.4, -0.2) is 12.5 Å². The molecule has 0 aliphatic heterocycles. The number of amides is 1. The van der Waals surface area contributed by atoms with Crippen molar-refractivity contribution in [3.8, 4) is 5.75 Å². The third-order valence-electron chi connectivity index (χ3n) is 2.34. The summed E-state index contributed by atoms with van der Waals surface area (Å²) in [6.45, 7) is -0.278. The maximum atomic E-state index is 13.3. The van der Waals surface area contributed by atoms with Crippen molar-refractivity contribution in [2.75, 3.05) is 11.9 Å². The minimum atomic E-state index is -1.09. The van der Waals surface area contributed by atoms with Crippen molar-refractivity contribution in [3.05, 3.63) is 60.2 Å². The number of nitrogens with one attached hydrogen (secondary N) is 1. The molecule has 1 amide bonds. The molecule has 0 radical (unpaired) electrons. The van der Waals surface area contributed by atoms with Crippen LogP contribution in [0.2, 0.25) is 0 Å². The minimum absolute atomic E-state index is 0.207. The van der Waals surface area contributed by atoms with Crippen LogP contribution >= 0.6 is 0 Å². The van der Waals surface area contributed by atoms with Crippen LogP contribution < -0.4 is 10.1 Å². The van der Waals surface area contributed by atoms with Gasteiger partial charge in [0.2, 0.25) is 0 Å². The number of hydrogen-bond acceptors (Lipinski definition) is 2. The van der Waals surface area contributed by atoms with Gasteiger partial charge in [-0.05, 0) is 24.3 Å². The highest BCUT2D eigenvalue weighted by molar-refractivity contribution is 5.91. The molecule has 5 heteroatoms. The smallest absolute Gasteiger partial charge is 0.262 e. The van der Waals surface area contributed by atoms with Crippen molar-refractivity contribution in [1.82, 2.24) is 0 Å². The molecule has 0 spiro atoms. The Hall–Kier alpha value is -2.43. The lowest BCUT2D eigenvalue weighted by atomic mass is 10.3. The number of rotatable bonds is 4. The van der Waals surface area contributed by atoms with Gasteiger partial charge in [-0.15, -0.1) is 0 Å². The van der Waals surface area contributed by atoms with Crippen molar-refractivity contribution in [2.24, 2.45) is 0 Å². The average Bonchev–Trinajstić information content (AvgIpc) is 2.43. The Morgan fingerprint density at radius 2 is 1.79 bits per heavy atom. The summed E-state index contributed by atoms with van der Waals surface area (Å²) in [5.41, 5.74) is -0.207. The van der Waals surface area contributed by atoms with Crippen LogP contribution in [0.4, 0.5) is 14.5 Å². The molecule has 0 saturated carbocycles. The fourth-order valence-electron chi connectivity index (χ4n) is 1.45. The lowest BCUT2D eigenvalue weighted by Crippen LogP contribution is -2.21. The number of benzene rings is 2. The van der Waals surface area contributed by atoms with Gasteiger partial charge >= 0.3 is 0 Å². The van der Waals surface area contributed by atoms with E-state index in [2.05, 4.69) is 5.32 Å². The Bertz CT molecular complexity index is 573. The molecule has 2 aromatic carbocycles. The Labute approximate surface area is 108 Å². The van der Waals surface area contributed by atoms with Gasteiger partial charge in [0.25, 0.3) is 5.91 Å². The Morgan fingerprint density at radius 1 is 1.05 bits per heavy atom. The average molecular weight is 263 g/mol. The highest BCUT2D eigenvalue weighted by atomic mass is 19.2. The Morgan fingerprint density at radius 3 is 2.53 bits per heavy atom. The topological polar surface area (TPSA) is 38.3 Å². The van der Waals surface area contributed by atoms with Crippen molar-refractivity contribution in [1.29, 1.82) is 0 Å². The van der Waals surface area contributed by atoms with Crippen molar-refractivity contribution in [3.63, 3.8) is 0 Å². The van der Waals surface area contributed by atoms with E-state index in [1.54, 1.807) is 24.3 Å². The predicted molar refractivity (Wildman–Crippen MR) is 66.9 cm³/mol. The van der Waals surface area contributed by atoms with Crippen LogP contribution in [0.25, 0.3) is 0 Å². The van der Waals surface area contributed by atoms with Gasteiger partial charge in [0.05, 0.1) is 5.69 Å². The highest BCUT2D eigenvalue weighted by Crippen LogP contribution is 2.16. The zero-order valence-corrected chi connectivity index (χ0v) is 9.90. The van der Waals surface area contributed by atoms with Crippen LogP contribution in [0.15, 0.2) is 48.5 Å². The summed E-state index contributed by atoms with van der Waals surface area (Å²) in [5.74, 6) is -2.14. The molecular weight excluding hydrogens is 252 g/mol. The predicted octanol–water partition coefficient (Wildman–Crippen LogP) is 2.98. The maximum absolute atomic E-state index is 13.3. The second-order valence-electron chi connectivity index (χ2n) is 3.75. The third-order valence-corrected chi connectivity index (χ3v) is 2.34. The van der Waals surface area contributed by atoms with Crippen molar-refractivity contribution in [2.45, 2.75) is 0 Å². The van der Waals surface area contributed by atoms with Crippen LogP contribution in [0, 0.1) is 11.6 Å². The molecule has 1 N–H and O–H groups in total. The molecule has 0 fully saturated rings. The van der Waals surface area contributed by atoms with Gasteiger partial charge in [0.15, 0.2) is 18.2 Å². The maximum Gasteiger partial charge on any atom is 0.262 e. The highest BCUT2D eigenvalue weighted by Gasteiger charge is 2.10. The van der Waals surface area contributed by atoms with Gasteiger partial charge in [-0.3, -0.25) is 4.79 Å². The first-order valence-electron chi connectivity index (χ1n) is 5.58. The molecule has 0 aliphatic carbocycles. The Kier molecular flexibility index (Phi) is 4.07. The summed E-state index contributed by atoms with van der Waals surface area (Å²) in [4.78, 5) is 11.5. The van der Waals surface area contributed by atoms with E-state index in [0.717, 1.165) is 6.07 Å². The monoisotopic (exact) mass is 263 g/mol. The van der Waals surface area contributed by atoms with E-state index in [0.29, 0.717) is 5.75 Å². The standard InChI is InChI=1S/C14H11F2NO2/c15-11-7-4-8-12(14(11)16)17-13(18)9-19-10-5-2-1-3-6-10/h1-8H,9H2,(H,17,18). The lowest BCUT2D eigenvalue weighted by Gasteiger charge is -2.08. The zero-order chi connectivity index (χ0) is 13.7. The summed E-state index contributed by atoms with van der Waals surface area (Å²) in [7, 11) is 0. The molecule has 0 aliphatic rings. The van der Waals surface area contributed by atoms with E-state index in [4.69, 9.17) is 4.74 Å². The summed E-state index contributed by atoms with van der Waals surface area (Å²) < 4.78 is 31.4. The SMILES string of the molecule is O=C(COc1ccccc1)Nc1cccc(F)c1F. The first-order valence-corrected chi connectivity index (χ1v) is 5.58. The summed E-state index contributed by atoms with van der Waals surface area (Å²) >= 11 is 0. The van der Waals surface area contributed by atoms with Crippen LogP contribution in [0.5, 0.6) is 5.75 Å². The second kappa shape index (κ2) is 5.95. The number of hydrogen-bond donors (Lipinski definition) is 1. The number of para-hydroxylation sites is 1. The number of carbonyl (C=O) groups excluding carboxylic acids is 1. The van der Waals surface area contributed by atoms with Gasteiger partial charge in [0.1, 0.15) is 5.75 Å². The first kappa shape index (κ1) is 13.0. The fraction of sp³-hybridized carbons (Fsp3) is 0.0714. The van der Waals surface area contributed by atoms with Gasteiger partial charge in [-0.25, -0.2) is 8.78 Å². The van der Waals surface area contributed by atoms with E-state index < -0.39 is 17.5 Å². The molecular formula is C14H11F2NO2. The van der Waals surface area contributed by atoms with E-state index in [1.165, 1.54) is 12.1 Å². The second-order valence-corrected chi connectivity index (χ2v) is 3.75. The van der Waals surface area contributed by atoms with E-state index >= 15 is 0 Å². The molecule has 98 valence electrons. The molecule has 0 unspecified atom stereocenters. The van der Waals surface area contributed by atoms with E-state index in [9.17, 15) is 13.6 Å². The number of halogens is 2. The lowest BCUT2D eigenvalue weighted by molar-refractivity contribution is -0.118. The van der Waals surface area contributed by atoms with E-state index in [-0.39, 0.29) is 12.3 Å². The van der Waals surface area contributed by atoms with Gasteiger partial charge < -0.3 is 10.1 Å². The number of carbonyl (C=O) groups is 1. The van der Waals surface area contributed by atoms with Crippen molar-refractivity contribution < 1.29 is 18.3 Å². The van der Waals surface area contributed by atoms with Gasteiger partial charge in [0, 0.05) is 0 Å².